The maximum absolute atomic E-state index is 4.34. The van der Waals surface area contributed by atoms with Gasteiger partial charge in [0.25, 0.3) is 0 Å². The molecule has 2 aromatic rings. The van der Waals surface area contributed by atoms with Crippen LogP contribution in [0.3, 0.4) is 0 Å². The van der Waals surface area contributed by atoms with Crippen LogP contribution in [0.4, 0.5) is 0 Å². The largest absolute Gasteiger partial charge is 0.313 e. The Labute approximate surface area is 97.3 Å². The first kappa shape index (κ1) is 10.4. The molecule has 1 aromatic carbocycles. The van der Waals surface area contributed by atoms with E-state index in [2.05, 4.69) is 42.9 Å². The molecular weight excluding hydrogens is 254 g/mol. The van der Waals surface area contributed by atoms with Crippen LogP contribution < -0.4 is 5.32 Å². The summed E-state index contributed by atoms with van der Waals surface area (Å²) in [5, 5.41) is 3.10. The van der Waals surface area contributed by atoms with Gasteiger partial charge in [-0.1, -0.05) is 18.2 Å². The monoisotopic (exact) mass is 265 g/mol. The van der Waals surface area contributed by atoms with Crippen LogP contribution >= 0.6 is 15.9 Å². The quantitative estimate of drug-likeness (QED) is 0.924. The molecule has 0 fully saturated rings. The van der Waals surface area contributed by atoms with Gasteiger partial charge in [0.05, 0.1) is 12.7 Å². The lowest BCUT2D eigenvalue weighted by atomic mass is 10.3. The predicted octanol–water partition coefficient (Wildman–Crippen LogP) is 2.35. The Balaban J connectivity index is 2.47. The van der Waals surface area contributed by atoms with Gasteiger partial charge in [-0.3, -0.25) is 4.57 Å². The van der Waals surface area contributed by atoms with Crippen molar-refractivity contribution in [3.8, 4) is 5.69 Å². The van der Waals surface area contributed by atoms with Crippen molar-refractivity contribution >= 4 is 15.9 Å². The Hall–Kier alpha value is -1.13. The van der Waals surface area contributed by atoms with E-state index in [0.717, 1.165) is 22.7 Å². The molecule has 1 aromatic heterocycles. The molecule has 0 atom stereocenters. The van der Waals surface area contributed by atoms with Gasteiger partial charge in [0.2, 0.25) is 0 Å². The number of benzene rings is 1. The normalized spacial score (nSPS) is 10.5. The third-order valence-electron chi connectivity index (χ3n) is 2.14. The summed E-state index contributed by atoms with van der Waals surface area (Å²) in [6.07, 6.45) is 1.82. The van der Waals surface area contributed by atoms with E-state index in [9.17, 15) is 0 Å². The molecule has 0 radical (unpaired) electrons. The van der Waals surface area contributed by atoms with Gasteiger partial charge in [-0.05, 0) is 35.1 Å². The molecule has 0 saturated carbocycles. The van der Waals surface area contributed by atoms with Gasteiger partial charge in [-0.15, -0.1) is 0 Å². The second-order valence-electron chi connectivity index (χ2n) is 3.20. The molecule has 1 heterocycles. The second-order valence-corrected chi connectivity index (χ2v) is 4.01. The van der Waals surface area contributed by atoms with E-state index >= 15 is 0 Å². The molecule has 4 heteroatoms. The second kappa shape index (κ2) is 4.59. The highest BCUT2D eigenvalue weighted by molar-refractivity contribution is 9.10. The Morgan fingerprint density at radius 2 is 2.07 bits per heavy atom. The summed E-state index contributed by atoms with van der Waals surface area (Å²) in [7, 11) is 1.91. The van der Waals surface area contributed by atoms with E-state index in [1.54, 1.807) is 0 Å². The van der Waals surface area contributed by atoms with Crippen LogP contribution in [-0.4, -0.2) is 16.6 Å². The highest BCUT2D eigenvalue weighted by atomic mass is 79.9. The van der Waals surface area contributed by atoms with Crippen molar-refractivity contribution in [3.63, 3.8) is 0 Å². The number of aromatic nitrogens is 2. The molecule has 0 aliphatic rings. The van der Waals surface area contributed by atoms with E-state index in [4.69, 9.17) is 0 Å². The lowest BCUT2D eigenvalue weighted by molar-refractivity contribution is 0.739. The van der Waals surface area contributed by atoms with Crippen molar-refractivity contribution in [2.75, 3.05) is 7.05 Å². The number of nitrogens with zero attached hydrogens (tertiary/aromatic N) is 2. The van der Waals surface area contributed by atoms with Crippen LogP contribution in [0.25, 0.3) is 5.69 Å². The molecule has 0 aliphatic heterocycles. The van der Waals surface area contributed by atoms with Gasteiger partial charge in [-0.2, -0.15) is 0 Å². The number of hydrogen-bond acceptors (Lipinski definition) is 2. The highest BCUT2D eigenvalue weighted by Gasteiger charge is 2.08. The van der Waals surface area contributed by atoms with Crippen LogP contribution in [0.15, 0.2) is 41.1 Å². The third-order valence-corrected chi connectivity index (χ3v) is 2.70. The van der Waals surface area contributed by atoms with Crippen molar-refractivity contribution in [2.45, 2.75) is 6.54 Å². The van der Waals surface area contributed by atoms with Gasteiger partial charge in [0.1, 0.15) is 10.4 Å². The van der Waals surface area contributed by atoms with Crippen molar-refractivity contribution in [1.29, 1.82) is 0 Å². The number of halogens is 1. The van der Waals surface area contributed by atoms with Crippen molar-refractivity contribution in [3.05, 3.63) is 47.0 Å². The minimum atomic E-state index is 0.750. The van der Waals surface area contributed by atoms with E-state index in [-0.39, 0.29) is 0 Å². The predicted molar refractivity (Wildman–Crippen MR) is 64.0 cm³/mol. The maximum Gasteiger partial charge on any atom is 0.128 e. The van der Waals surface area contributed by atoms with E-state index in [1.807, 2.05) is 31.4 Å². The Morgan fingerprint density at radius 1 is 1.33 bits per heavy atom. The van der Waals surface area contributed by atoms with Crippen LogP contribution in [0.5, 0.6) is 0 Å². The molecule has 0 bridgehead atoms. The fourth-order valence-corrected chi connectivity index (χ4v) is 2.01. The number of nitrogens with one attached hydrogen (secondary N) is 1. The third kappa shape index (κ3) is 2.11. The molecule has 78 valence electrons. The average molecular weight is 266 g/mol. The van der Waals surface area contributed by atoms with E-state index in [0.29, 0.717) is 0 Å². The Bertz CT molecular complexity index is 436. The number of rotatable bonds is 3. The summed E-state index contributed by atoms with van der Waals surface area (Å²) >= 11 is 3.50. The molecule has 3 nitrogen and oxygen atoms in total. The minimum absolute atomic E-state index is 0.750. The first-order valence-electron chi connectivity index (χ1n) is 4.75. The first-order chi connectivity index (χ1) is 7.33. The van der Waals surface area contributed by atoms with Gasteiger partial charge < -0.3 is 5.32 Å². The molecule has 15 heavy (non-hydrogen) atoms. The van der Waals surface area contributed by atoms with Gasteiger partial charge in [0.15, 0.2) is 0 Å². The fourth-order valence-electron chi connectivity index (χ4n) is 1.50. The smallest absolute Gasteiger partial charge is 0.128 e. The highest BCUT2D eigenvalue weighted by Crippen LogP contribution is 2.19. The van der Waals surface area contributed by atoms with Crippen LogP contribution in [0.2, 0.25) is 0 Å². The topological polar surface area (TPSA) is 29.9 Å². The summed E-state index contributed by atoms with van der Waals surface area (Å²) in [5.74, 6) is 0.996. The maximum atomic E-state index is 4.34. The lowest BCUT2D eigenvalue weighted by Crippen LogP contribution is -2.11. The van der Waals surface area contributed by atoms with E-state index in [1.165, 1.54) is 0 Å². The van der Waals surface area contributed by atoms with E-state index < -0.39 is 0 Å². The molecule has 1 N–H and O–H groups in total. The summed E-state index contributed by atoms with van der Waals surface area (Å²) < 4.78 is 3.05. The van der Waals surface area contributed by atoms with Gasteiger partial charge >= 0.3 is 0 Å². The van der Waals surface area contributed by atoms with Crippen LogP contribution in [0.1, 0.15) is 5.82 Å². The zero-order chi connectivity index (χ0) is 10.7. The summed E-state index contributed by atoms with van der Waals surface area (Å²) in [6, 6.07) is 10.2. The standard InChI is InChI=1S/C11H12BrN3/c1-13-8-11-14-7-10(12)15(11)9-5-3-2-4-6-9/h2-7,13H,8H2,1H3. The summed E-state index contributed by atoms with van der Waals surface area (Å²) in [6.45, 7) is 0.750. The summed E-state index contributed by atoms with van der Waals surface area (Å²) in [5.41, 5.74) is 1.12. The van der Waals surface area contributed by atoms with Gasteiger partial charge in [-0.25, -0.2) is 4.98 Å². The number of hydrogen-bond donors (Lipinski definition) is 1. The Morgan fingerprint density at radius 3 is 2.73 bits per heavy atom. The van der Waals surface area contributed by atoms with Crippen molar-refractivity contribution < 1.29 is 0 Å². The van der Waals surface area contributed by atoms with Crippen molar-refractivity contribution in [1.82, 2.24) is 14.9 Å². The molecule has 2 rings (SSSR count). The van der Waals surface area contributed by atoms with Crippen LogP contribution in [0, 0.1) is 0 Å². The SMILES string of the molecule is CNCc1ncc(Br)n1-c1ccccc1. The molecule has 0 amide bonds. The zero-order valence-electron chi connectivity index (χ0n) is 8.44. The minimum Gasteiger partial charge on any atom is -0.313 e. The molecule has 0 aliphatic carbocycles. The first-order valence-corrected chi connectivity index (χ1v) is 5.54. The Kier molecular flexibility index (Phi) is 3.18. The fraction of sp³-hybridized carbons (Fsp3) is 0.182. The van der Waals surface area contributed by atoms with Crippen LogP contribution in [-0.2, 0) is 6.54 Å². The average Bonchev–Trinajstić information content (AvgIpc) is 2.62. The molecule has 0 unspecified atom stereocenters. The molecule has 0 saturated heterocycles. The molecular formula is C11H12BrN3. The zero-order valence-corrected chi connectivity index (χ0v) is 10.0. The number of para-hydroxylation sites is 1. The molecule has 0 spiro atoms. The van der Waals surface area contributed by atoms with Gasteiger partial charge in [0, 0.05) is 5.69 Å². The lowest BCUT2D eigenvalue weighted by Gasteiger charge is -2.08. The number of imidazole rings is 1. The van der Waals surface area contributed by atoms with Crippen molar-refractivity contribution in [2.24, 2.45) is 0 Å². The summed E-state index contributed by atoms with van der Waals surface area (Å²) in [4.78, 5) is 4.34.